The van der Waals surface area contributed by atoms with Crippen molar-refractivity contribution in [3.63, 3.8) is 0 Å². The summed E-state index contributed by atoms with van der Waals surface area (Å²) < 4.78 is 10.7. The molecule has 10 heteroatoms. The van der Waals surface area contributed by atoms with Crippen LogP contribution in [-0.4, -0.2) is 45.8 Å². The molecule has 0 aliphatic heterocycles. The smallest absolute Gasteiger partial charge is 0.408 e. The van der Waals surface area contributed by atoms with E-state index in [1.807, 2.05) is 0 Å². The Bertz CT molecular complexity index is 574. The van der Waals surface area contributed by atoms with Gasteiger partial charge in [-0.2, -0.15) is 0 Å². The van der Waals surface area contributed by atoms with Crippen LogP contribution in [0.5, 0.6) is 0 Å². The number of rotatable bonds is 8. The summed E-state index contributed by atoms with van der Waals surface area (Å²) in [6.07, 6.45) is -0.444. The highest BCUT2D eigenvalue weighted by Gasteiger charge is 2.31. The van der Waals surface area contributed by atoms with Gasteiger partial charge in [0.05, 0.1) is 0 Å². The van der Waals surface area contributed by atoms with Gasteiger partial charge in [0.2, 0.25) is 0 Å². The number of azide groups is 1. The standard InChI is InChI=1S/C18H34N4O4S2/c1-16(2,3)25-14(23)13(21-15(24)26-17(4,5)6)10-12(11-20-22-19)27-28-18(7,8)9/h12-13H,10-11H2,1-9H3,(H,21,24)/t12-,13?/m0/s1. The normalized spacial score (nSPS) is 14.5. The zero-order valence-corrected chi connectivity index (χ0v) is 20.0. The lowest BCUT2D eigenvalue weighted by atomic mass is 10.1. The lowest BCUT2D eigenvalue weighted by Crippen LogP contribution is -2.47. The molecule has 0 aliphatic rings. The third-order valence-electron chi connectivity index (χ3n) is 2.66. The number of hydrogen-bond acceptors (Lipinski definition) is 7. The van der Waals surface area contributed by atoms with Gasteiger partial charge in [0, 0.05) is 21.5 Å². The largest absolute Gasteiger partial charge is 0.458 e. The van der Waals surface area contributed by atoms with Crippen molar-refractivity contribution in [3.8, 4) is 0 Å². The van der Waals surface area contributed by atoms with Crippen LogP contribution in [0.2, 0.25) is 0 Å². The van der Waals surface area contributed by atoms with E-state index >= 15 is 0 Å². The Labute approximate surface area is 176 Å². The third-order valence-corrected chi connectivity index (χ3v) is 6.48. The molecule has 0 saturated carbocycles. The van der Waals surface area contributed by atoms with Gasteiger partial charge in [-0.25, -0.2) is 9.59 Å². The fraction of sp³-hybridized carbons (Fsp3) is 0.889. The number of ether oxygens (including phenoxy) is 2. The van der Waals surface area contributed by atoms with E-state index in [4.69, 9.17) is 15.0 Å². The Balaban J connectivity index is 5.37. The molecule has 0 heterocycles. The molecule has 162 valence electrons. The quantitative estimate of drug-likeness (QED) is 0.178. The Morgan fingerprint density at radius 1 is 1.04 bits per heavy atom. The summed E-state index contributed by atoms with van der Waals surface area (Å²) in [6.45, 7) is 16.9. The minimum Gasteiger partial charge on any atom is -0.458 e. The number of alkyl carbamates (subject to hydrolysis) is 1. The highest BCUT2D eigenvalue weighted by molar-refractivity contribution is 8.77. The first kappa shape index (κ1) is 26.8. The summed E-state index contributed by atoms with van der Waals surface area (Å²) in [5, 5.41) is 6.07. The fourth-order valence-corrected chi connectivity index (χ4v) is 4.30. The van der Waals surface area contributed by atoms with Gasteiger partial charge < -0.3 is 14.8 Å². The number of nitrogens with one attached hydrogen (secondary N) is 1. The summed E-state index contributed by atoms with van der Waals surface area (Å²) in [5.41, 5.74) is 7.29. The van der Waals surface area contributed by atoms with E-state index in [1.54, 1.807) is 52.3 Å². The number of carbonyl (C=O) groups is 2. The maximum absolute atomic E-state index is 12.7. The summed E-state index contributed by atoms with van der Waals surface area (Å²) in [6, 6.07) is -0.916. The molecule has 0 aromatic carbocycles. The van der Waals surface area contributed by atoms with E-state index in [9.17, 15) is 9.59 Å². The first-order valence-electron chi connectivity index (χ1n) is 9.10. The molecule has 0 spiro atoms. The molecule has 8 nitrogen and oxygen atoms in total. The van der Waals surface area contributed by atoms with E-state index < -0.39 is 29.3 Å². The van der Waals surface area contributed by atoms with Crippen LogP contribution < -0.4 is 5.32 Å². The molecule has 0 radical (unpaired) electrons. The van der Waals surface area contributed by atoms with E-state index in [0.717, 1.165) is 0 Å². The second kappa shape index (κ2) is 11.1. The maximum Gasteiger partial charge on any atom is 0.408 e. The van der Waals surface area contributed by atoms with Crippen molar-refractivity contribution in [2.45, 2.75) is 96.0 Å². The number of esters is 1. The van der Waals surface area contributed by atoms with Gasteiger partial charge >= 0.3 is 12.1 Å². The molecule has 2 atom stereocenters. The molecule has 1 amide bonds. The highest BCUT2D eigenvalue weighted by atomic mass is 33.1. The van der Waals surface area contributed by atoms with E-state index in [0.29, 0.717) is 0 Å². The fourth-order valence-electron chi connectivity index (χ4n) is 1.78. The second-order valence-corrected chi connectivity index (χ2v) is 12.6. The Morgan fingerprint density at radius 2 is 1.57 bits per heavy atom. The van der Waals surface area contributed by atoms with Crippen LogP contribution in [0, 0.1) is 0 Å². The minimum absolute atomic E-state index is 0.0146. The molecule has 0 aliphatic carbocycles. The summed E-state index contributed by atoms with van der Waals surface area (Å²) >= 11 is 0. The van der Waals surface area contributed by atoms with Gasteiger partial charge in [0.25, 0.3) is 0 Å². The van der Waals surface area contributed by atoms with Gasteiger partial charge in [-0.1, -0.05) is 47.5 Å². The molecular weight excluding hydrogens is 400 g/mol. The van der Waals surface area contributed by atoms with Crippen LogP contribution in [0.25, 0.3) is 10.4 Å². The van der Waals surface area contributed by atoms with Gasteiger partial charge in [-0.15, -0.1) is 0 Å². The zero-order chi connectivity index (χ0) is 22.2. The number of hydrogen-bond donors (Lipinski definition) is 1. The van der Waals surface area contributed by atoms with Gasteiger partial charge in [-0.3, -0.25) is 0 Å². The molecule has 0 rings (SSSR count). The van der Waals surface area contributed by atoms with Crippen LogP contribution >= 0.6 is 21.6 Å². The average Bonchev–Trinajstić information content (AvgIpc) is 2.44. The van der Waals surface area contributed by atoms with Crippen LogP contribution in [-0.2, 0) is 14.3 Å². The van der Waals surface area contributed by atoms with Crippen LogP contribution in [0.3, 0.4) is 0 Å². The van der Waals surface area contributed by atoms with Crippen molar-refractivity contribution in [2.24, 2.45) is 5.11 Å². The molecule has 28 heavy (non-hydrogen) atoms. The maximum atomic E-state index is 12.7. The van der Waals surface area contributed by atoms with E-state index in [2.05, 4.69) is 36.1 Å². The van der Waals surface area contributed by atoms with Crippen LogP contribution in [0.1, 0.15) is 68.7 Å². The topological polar surface area (TPSA) is 113 Å². The van der Waals surface area contributed by atoms with Crippen molar-refractivity contribution >= 4 is 33.7 Å². The summed E-state index contributed by atoms with van der Waals surface area (Å²) in [4.78, 5) is 27.7. The molecule has 1 unspecified atom stereocenters. The second-order valence-electron chi connectivity index (χ2n) is 9.30. The number of nitrogens with zero attached hydrogens (tertiary/aromatic N) is 3. The third kappa shape index (κ3) is 14.8. The van der Waals surface area contributed by atoms with Gasteiger partial charge in [-0.05, 0) is 53.5 Å². The first-order chi connectivity index (χ1) is 12.5. The summed E-state index contributed by atoms with van der Waals surface area (Å²) in [7, 11) is 3.15. The first-order valence-corrected chi connectivity index (χ1v) is 11.3. The van der Waals surface area contributed by atoms with E-state index in [1.165, 1.54) is 10.8 Å². The molecule has 0 fully saturated rings. The molecule has 0 aromatic heterocycles. The predicted octanol–water partition coefficient (Wildman–Crippen LogP) is 5.47. The lowest BCUT2D eigenvalue weighted by Gasteiger charge is -2.28. The minimum atomic E-state index is -0.916. The van der Waals surface area contributed by atoms with Crippen molar-refractivity contribution in [1.29, 1.82) is 0 Å². The van der Waals surface area contributed by atoms with Gasteiger partial charge in [0.15, 0.2) is 0 Å². The van der Waals surface area contributed by atoms with Crippen molar-refractivity contribution in [3.05, 3.63) is 10.4 Å². The molecule has 0 saturated heterocycles. The monoisotopic (exact) mass is 434 g/mol. The van der Waals surface area contributed by atoms with Crippen molar-refractivity contribution in [1.82, 2.24) is 5.32 Å². The van der Waals surface area contributed by atoms with Crippen LogP contribution in [0.4, 0.5) is 4.79 Å². The average molecular weight is 435 g/mol. The van der Waals surface area contributed by atoms with Crippen molar-refractivity contribution in [2.75, 3.05) is 6.54 Å². The van der Waals surface area contributed by atoms with Crippen molar-refractivity contribution < 1.29 is 19.1 Å². The molecule has 0 aromatic rings. The lowest BCUT2D eigenvalue weighted by molar-refractivity contribution is -0.157. The molecular formula is C18H34N4O4S2. The Hall–Kier alpha value is -1.25. The van der Waals surface area contributed by atoms with Crippen LogP contribution in [0.15, 0.2) is 5.11 Å². The van der Waals surface area contributed by atoms with Gasteiger partial charge in [0.1, 0.15) is 17.2 Å². The number of carbonyl (C=O) groups excluding carboxylic acids is 2. The zero-order valence-electron chi connectivity index (χ0n) is 18.4. The number of amides is 1. The SMILES string of the molecule is CC(C)(C)OC(=O)NC(C[C@@H](CN=[N+]=[N-])SSC(C)(C)C)C(=O)OC(C)(C)C. The predicted molar refractivity (Wildman–Crippen MR) is 116 cm³/mol. The molecule has 0 bridgehead atoms. The van der Waals surface area contributed by atoms with E-state index in [-0.39, 0.29) is 23.0 Å². The summed E-state index contributed by atoms with van der Waals surface area (Å²) in [5.74, 6) is -0.550. The Morgan fingerprint density at radius 3 is 2.00 bits per heavy atom. The highest BCUT2D eigenvalue weighted by Crippen LogP contribution is 2.39. The molecule has 1 N–H and O–H groups in total. The Kier molecular flexibility index (Phi) is 10.6.